The van der Waals surface area contributed by atoms with Crippen LogP contribution in [0.5, 0.6) is 0 Å². The Balaban J connectivity index is 0.000000580. The van der Waals surface area contributed by atoms with E-state index in [9.17, 15) is 9.59 Å². The number of rotatable bonds is 6. The van der Waals surface area contributed by atoms with Gasteiger partial charge in [0.15, 0.2) is 0 Å². The second-order valence-electron chi connectivity index (χ2n) is 7.83. The molecule has 0 atom stereocenters. The van der Waals surface area contributed by atoms with Gasteiger partial charge in [-0.3, -0.25) is 10.3 Å². The van der Waals surface area contributed by atoms with Crippen molar-refractivity contribution < 1.29 is 14.3 Å². The molecule has 1 aliphatic heterocycles. The summed E-state index contributed by atoms with van der Waals surface area (Å²) in [5, 5.41) is 5.98. The summed E-state index contributed by atoms with van der Waals surface area (Å²) in [7, 11) is 0.905. The Morgan fingerprint density at radius 1 is 1.41 bits per heavy atom. The molecule has 1 heterocycles. The molecule has 0 saturated carbocycles. The zero-order valence-electron chi connectivity index (χ0n) is 18.4. The first-order valence-electron chi connectivity index (χ1n) is 9.11. The maximum absolute atomic E-state index is 11.5. The Morgan fingerprint density at radius 3 is 2.33 bits per heavy atom. The second kappa shape index (κ2) is 10.1. The van der Waals surface area contributed by atoms with Gasteiger partial charge in [-0.15, -0.1) is 0 Å². The van der Waals surface area contributed by atoms with Crippen LogP contribution in [-0.4, -0.2) is 67.0 Å². The van der Waals surface area contributed by atoms with Gasteiger partial charge in [-0.1, -0.05) is 6.92 Å². The fourth-order valence-corrected chi connectivity index (χ4v) is 3.22. The molecule has 0 spiro atoms. The predicted octanol–water partition coefficient (Wildman–Crippen LogP) is 2.40. The molecule has 0 aromatic carbocycles. The summed E-state index contributed by atoms with van der Waals surface area (Å²) in [6.45, 7) is 12.8. The molecule has 4 N–H and O–H groups in total. The lowest BCUT2D eigenvalue weighted by Crippen LogP contribution is -2.42. The molecular formula is C19H38N4O3S. The van der Waals surface area contributed by atoms with Crippen LogP contribution in [0.3, 0.4) is 0 Å². The number of alkyl carbamates (subject to hydrolysis) is 1. The summed E-state index contributed by atoms with van der Waals surface area (Å²) in [5.41, 5.74) is 6.98. The highest BCUT2D eigenvalue weighted by molar-refractivity contribution is 8.34. The maximum atomic E-state index is 11.5. The van der Waals surface area contributed by atoms with Crippen LogP contribution in [0.15, 0.2) is 16.3 Å². The summed E-state index contributed by atoms with van der Waals surface area (Å²) in [6.07, 6.45) is 5.04. The van der Waals surface area contributed by atoms with Gasteiger partial charge < -0.3 is 20.6 Å². The van der Waals surface area contributed by atoms with Gasteiger partial charge in [0, 0.05) is 29.6 Å². The molecule has 0 unspecified atom stereocenters. The van der Waals surface area contributed by atoms with Crippen LogP contribution in [0.25, 0.3) is 0 Å². The van der Waals surface area contributed by atoms with Gasteiger partial charge in [0.05, 0.1) is 12.1 Å². The Kier molecular flexibility index (Phi) is 9.55. The number of aliphatic imine (C=N–C) groups is 1. The lowest BCUT2D eigenvalue weighted by molar-refractivity contribution is -0.109. The Hall–Kier alpha value is -1.54. The third kappa shape index (κ3) is 6.84. The number of carbonyl (C=O) groups is 2. The number of amides is 1. The molecule has 0 aromatic heterocycles. The molecule has 8 heteroatoms. The van der Waals surface area contributed by atoms with E-state index in [0.29, 0.717) is 19.0 Å². The summed E-state index contributed by atoms with van der Waals surface area (Å²) >= 11 is 0. The number of hydrogen-bond acceptors (Lipinski definition) is 5. The van der Waals surface area contributed by atoms with Gasteiger partial charge in [0.1, 0.15) is 12.1 Å². The summed E-state index contributed by atoms with van der Waals surface area (Å²) in [6, 6.07) is 0. The number of nitrogens with zero attached hydrogens (tertiary/aromatic N) is 1. The second-order valence-corrected chi connectivity index (χ2v) is 12.5. The summed E-state index contributed by atoms with van der Waals surface area (Å²) in [5.74, 6) is 1.55. The van der Waals surface area contributed by atoms with Crippen LogP contribution in [0.4, 0.5) is 4.79 Å². The van der Waals surface area contributed by atoms with E-state index in [2.05, 4.69) is 35.1 Å². The average Bonchev–Trinajstić information content (AvgIpc) is 2.89. The van der Waals surface area contributed by atoms with E-state index in [-0.39, 0.29) is 10.3 Å². The molecule has 1 aliphatic rings. The highest BCUT2D eigenvalue weighted by Crippen LogP contribution is 2.51. The van der Waals surface area contributed by atoms with Crippen molar-refractivity contribution in [1.82, 2.24) is 10.6 Å². The van der Waals surface area contributed by atoms with E-state index in [1.165, 1.54) is 0 Å². The molecule has 27 heavy (non-hydrogen) atoms. The number of ether oxygens (including phenoxy) is 1. The monoisotopic (exact) mass is 402 g/mol. The number of amidine groups is 1. The van der Waals surface area contributed by atoms with Crippen LogP contribution in [0, 0.1) is 0 Å². The van der Waals surface area contributed by atoms with Crippen LogP contribution in [0.2, 0.25) is 0 Å². The van der Waals surface area contributed by atoms with Crippen LogP contribution in [-0.2, 0) is 9.53 Å². The molecule has 1 amide bonds. The fraction of sp³-hybridized carbons (Fsp3) is 0.737. The smallest absolute Gasteiger partial charge is 0.411 e. The number of carbonyl (C=O) groups excluding carboxylic acids is 2. The van der Waals surface area contributed by atoms with E-state index in [4.69, 9.17) is 10.5 Å². The van der Waals surface area contributed by atoms with Crippen LogP contribution >= 0.6 is 10.0 Å². The minimum absolute atomic E-state index is 0.109. The van der Waals surface area contributed by atoms with Gasteiger partial charge in [-0.2, -0.15) is 0 Å². The molecule has 0 fully saturated rings. The number of hydrogen-bond donors (Lipinski definition) is 3. The van der Waals surface area contributed by atoms with Crippen molar-refractivity contribution >= 4 is 28.2 Å². The quantitative estimate of drug-likeness (QED) is 0.359. The zero-order valence-corrected chi connectivity index (χ0v) is 19.2. The Bertz CT molecular complexity index is 596. The van der Waals surface area contributed by atoms with E-state index >= 15 is 0 Å². The Labute approximate surface area is 165 Å². The van der Waals surface area contributed by atoms with Gasteiger partial charge in [0.25, 0.3) is 0 Å². The van der Waals surface area contributed by atoms with Gasteiger partial charge in [-0.25, -0.2) is 14.8 Å². The first-order chi connectivity index (χ1) is 12.3. The lowest BCUT2D eigenvalue weighted by Gasteiger charge is -2.42. The summed E-state index contributed by atoms with van der Waals surface area (Å²) < 4.78 is 4.76. The average molecular weight is 403 g/mol. The van der Waals surface area contributed by atoms with E-state index in [1.807, 2.05) is 27.7 Å². The largest absolute Gasteiger partial charge is 0.450 e. The topological polar surface area (TPSA) is 106 Å². The van der Waals surface area contributed by atoms with E-state index in [0.717, 1.165) is 23.3 Å². The molecule has 158 valence electrons. The molecule has 7 nitrogen and oxygen atoms in total. The number of nitrogens with two attached hydrogens (primary N) is 1. The molecule has 0 bridgehead atoms. The van der Waals surface area contributed by atoms with Crippen molar-refractivity contribution in [2.24, 2.45) is 10.7 Å². The minimum atomic E-state index is -0.716. The van der Waals surface area contributed by atoms with Crippen molar-refractivity contribution in [2.75, 3.05) is 38.5 Å². The molecule has 0 aromatic rings. The van der Waals surface area contributed by atoms with E-state index in [1.54, 1.807) is 14.0 Å². The Morgan fingerprint density at radius 2 is 1.96 bits per heavy atom. The van der Waals surface area contributed by atoms with Crippen molar-refractivity contribution in [3.8, 4) is 0 Å². The lowest BCUT2D eigenvalue weighted by atomic mass is 10.0. The van der Waals surface area contributed by atoms with Gasteiger partial charge in [-0.05, 0) is 52.9 Å². The van der Waals surface area contributed by atoms with Crippen molar-refractivity contribution in [3.63, 3.8) is 0 Å². The van der Waals surface area contributed by atoms with E-state index < -0.39 is 16.1 Å². The van der Waals surface area contributed by atoms with Crippen molar-refractivity contribution in [2.45, 2.75) is 51.8 Å². The molecule has 1 rings (SSSR count). The summed E-state index contributed by atoms with van der Waals surface area (Å²) in [4.78, 5) is 26.1. The number of nitrogens with one attached hydrogen (secondary N) is 2. The van der Waals surface area contributed by atoms with Crippen molar-refractivity contribution in [1.29, 1.82) is 0 Å². The fourth-order valence-electron chi connectivity index (χ4n) is 2.22. The highest BCUT2D eigenvalue weighted by Gasteiger charge is 2.34. The van der Waals surface area contributed by atoms with Crippen molar-refractivity contribution in [3.05, 3.63) is 11.3 Å². The third-order valence-corrected chi connectivity index (χ3v) is 9.50. The highest BCUT2D eigenvalue weighted by atomic mass is 32.3. The van der Waals surface area contributed by atoms with Gasteiger partial charge in [0.2, 0.25) is 0 Å². The van der Waals surface area contributed by atoms with Crippen LogP contribution in [0.1, 0.15) is 41.5 Å². The molecule has 0 aliphatic carbocycles. The normalized spacial score (nSPS) is 17.7. The van der Waals surface area contributed by atoms with Crippen LogP contribution < -0.4 is 16.4 Å². The molecule has 0 radical (unpaired) electrons. The number of aldehydes is 1. The first-order valence-corrected chi connectivity index (χ1v) is 11.7. The standard InChI is InChI=1S/C11H20N4O2.C8H18OS/c1-5-17-10(16)15-8-7(9(12)13-4)6-14-11(8,2)3;1-6-10(4,5)8(2,3)7-9/h14H,5-6H2,1-4H3,(H2,12,13)(H,15,16);7H,6H2,1-5H3. The molecule has 0 saturated heterocycles. The third-order valence-electron chi connectivity index (χ3n) is 5.12. The predicted molar refractivity (Wildman–Crippen MR) is 117 cm³/mol. The minimum Gasteiger partial charge on any atom is -0.450 e. The maximum Gasteiger partial charge on any atom is 0.411 e. The first kappa shape index (κ1) is 25.5. The molecular weight excluding hydrogens is 364 g/mol. The SMILES string of the molecule is CCOC(=O)NC1=C(C(N)=NC)CNC1(C)C.CCS(C)(C)C(C)(C)C=O. The van der Waals surface area contributed by atoms with Gasteiger partial charge >= 0.3 is 6.09 Å². The zero-order chi connectivity index (χ0) is 21.5.